The first-order valence-corrected chi connectivity index (χ1v) is 6.86. The molecule has 4 nitrogen and oxygen atoms in total. The lowest BCUT2D eigenvalue weighted by Crippen LogP contribution is -2.49. The minimum Gasteiger partial charge on any atom is -0.359 e. The number of carbonyl (C=O) groups excluding carboxylic acids is 1. The Balaban J connectivity index is 2.35. The fraction of sp³-hybridized carbons (Fsp3) is 0.923. The number of carbonyl (C=O) groups is 1. The highest BCUT2D eigenvalue weighted by Gasteiger charge is 2.19. The Morgan fingerprint density at radius 3 is 2.53 bits per heavy atom. The molecule has 1 amide bonds. The normalized spacial score (nSPS) is 19.2. The van der Waals surface area contributed by atoms with Crippen LogP contribution in [0.5, 0.6) is 0 Å². The van der Waals surface area contributed by atoms with E-state index in [1.807, 2.05) is 0 Å². The summed E-state index contributed by atoms with van der Waals surface area (Å²) in [6, 6.07) is 0.631. The second-order valence-electron chi connectivity index (χ2n) is 5.27. The minimum atomic E-state index is 0.631. The molecule has 2 N–H and O–H groups in total. The summed E-state index contributed by atoms with van der Waals surface area (Å²) in [4.78, 5) is 12.9. The molecule has 1 heterocycles. The van der Waals surface area contributed by atoms with Crippen LogP contribution in [0, 0.1) is 5.92 Å². The van der Waals surface area contributed by atoms with Crippen LogP contribution in [0.1, 0.15) is 33.1 Å². The zero-order valence-electron chi connectivity index (χ0n) is 11.2. The van der Waals surface area contributed by atoms with Gasteiger partial charge in [0.05, 0.1) is 0 Å². The third kappa shape index (κ3) is 6.03. The Hall–Kier alpha value is -0.610. The Bertz CT molecular complexity index is 203. The summed E-state index contributed by atoms with van der Waals surface area (Å²) in [5.74, 6) is 0.763. The van der Waals surface area contributed by atoms with Crippen molar-refractivity contribution in [2.75, 3.05) is 32.7 Å². The number of hydrogen-bond donors (Lipinski definition) is 2. The van der Waals surface area contributed by atoms with E-state index in [1.165, 1.54) is 12.8 Å². The van der Waals surface area contributed by atoms with Crippen LogP contribution in [0.2, 0.25) is 0 Å². The van der Waals surface area contributed by atoms with Gasteiger partial charge in [0.15, 0.2) is 0 Å². The number of amides is 1. The monoisotopic (exact) mass is 241 g/mol. The quantitative estimate of drug-likeness (QED) is 0.489. The first-order chi connectivity index (χ1) is 8.24. The van der Waals surface area contributed by atoms with E-state index in [0.717, 1.165) is 51.5 Å². The molecule has 0 aromatic heterocycles. The Labute approximate surface area is 105 Å². The fourth-order valence-corrected chi connectivity index (χ4v) is 2.39. The molecule has 0 saturated carbocycles. The van der Waals surface area contributed by atoms with E-state index in [-0.39, 0.29) is 0 Å². The van der Waals surface area contributed by atoms with Crippen molar-refractivity contribution in [3.05, 3.63) is 0 Å². The lowest BCUT2D eigenvalue weighted by Gasteiger charge is -2.35. The standard InChI is InChI=1S/C13H27N3O/c1-12(2)3-4-13(5-6-15-11-17)16-9-7-14-8-10-16/h11-14H,3-10H2,1-2H3,(H,15,17). The predicted octanol–water partition coefficient (Wildman–Crippen LogP) is 0.833. The maximum Gasteiger partial charge on any atom is 0.207 e. The molecule has 1 atom stereocenters. The van der Waals surface area contributed by atoms with Crippen LogP contribution >= 0.6 is 0 Å². The van der Waals surface area contributed by atoms with Gasteiger partial charge in [0.2, 0.25) is 6.41 Å². The summed E-state index contributed by atoms with van der Waals surface area (Å²) in [6.45, 7) is 9.83. The predicted molar refractivity (Wildman–Crippen MR) is 71.0 cm³/mol. The molecule has 1 aliphatic rings. The topological polar surface area (TPSA) is 44.4 Å². The Kier molecular flexibility index (Phi) is 7.21. The molecule has 17 heavy (non-hydrogen) atoms. The average molecular weight is 241 g/mol. The van der Waals surface area contributed by atoms with E-state index >= 15 is 0 Å². The highest BCUT2D eigenvalue weighted by molar-refractivity contribution is 5.45. The van der Waals surface area contributed by atoms with E-state index in [4.69, 9.17) is 0 Å². The van der Waals surface area contributed by atoms with Crippen molar-refractivity contribution in [1.29, 1.82) is 0 Å². The molecule has 0 spiro atoms. The van der Waals surface area contributed by atoms with Crippen LogP contribution in [0.4, 0.5) is 0 Å². The van der Waals surface area contributed by atoms with E-state index in [1.54, 1.807) is 0 Å². The van der Waals surface area contributed by atoms with Gasteiger partial charge in [-0.05, 0) is 25.2 Å². The van der Waals surface area contributed by atoms with E-state index in [0.29, 0.717) is 6.04 Å². The number of rotatable bonds is 8. The van der Waals surface area contributed by atoms with Gasteiger partial charge < -0.3 is 10.6 Å². The molecular formula is C13H27N3O. The van der Waals surface area contributed by atoms with Crippen LogP contribution in [0.25, 0.3) is 0 Å². The molecule has 0 radical (unpaired) electrons. The van der Waals surface area contributed by atoms with Crippen molar-refractivity contribution in [3.8, 4) is 0 Å². The molecule has 0 bridgehead atoms. The van der Waals surface area contributed by atoms with Crippen molar-refractivity contribution in [3.63, 3.8) is 0 Å². The minimum absolute atomic E-state index is 0.631. The molecule has 1 unspecified atom stereocenters. The molecule has 1 saturated heterocycles. The highest BCUT2D eigenvalue weighted by Crippen LogP contribution is 2.15. The molecule has 1 fully saturated rings. The summed E-state index contributed by atoms with van der Waals surface area (Å²) in [5.41, 5.74) is 0. The zero-order valence-corrected chi connectivity index (χ0v) is 11.2. The van der Waals surface area contributed by atoms with Gasteiger partial charge in [-0.2, -0.15) is 0 Å². The zero-order chi connectivity index (χ0) is 12.5. The van der Waals surface area contributed by atoms with Crippen molar-refractivity contribution in [2.45, 2.75) is 39.2 Å². The SMILES string of the molecule is CC(C)CCC(CCNC=O)N1CCNCC1. The van der Waals surface area contributed by atoms with Crippen molar-refractivity contribution >= 4 is 6.41 Å². The third-order valence-electron chi connectivity index (χ3n) is 3.45. The van der Waals surface area contributed by atoms with Crippen LogP contribution in [-0.4, -0.2) is 50.1 Å². The molecular weight excluding hydrogens is 214 g/mol. The molecule has 4 heteroatoms. The largest absolute Gasteiger partial charge is 0.359 e. The van der Waals surface area contributed by atoms with Crippen LogP contribution in [-0.2, 0) is 4.79 Å². The van der Waals surface area contributed by atoms with Gasteiger partial charge in [-0.1, -0.05) is 13.8 Å². The molecule has 0 aliphatic carbocycles. The van der Waals surface area contributed by atoms with Gasteiger partial charge in [-0.3, -0.25) is 9.69 Å². The third-order valence-corrected chi connectivity index (χ3v) is 3.45. The molecule has 1 rings (SSSR count). The maximum absolute atomic E-state index is 10.3. The van der Waals surface area contributed by atoms with Crippen molar-refractivity contribution in [1.82, 2.24) is 15.5 Å². The number of nitrogens with zero attached hydrogens (tertiary/aromatic N) is 1. The van der Waals surface area contributed by atoms with Gasteiger partial charge in [-0.15, -0.1) is 0 Å². The first-order valence-electron chi connectivity index (χ1n) is 6.86. The van der Waals surface area contributed by atoms with Gasteiger partial charge in [0.1, 0.15) is 0 Å². The van der Waals surface area contributed by atoms with Crippen molar-refractivity contribution < 1.29 is 4.79 Å². The summed E-state index contributed by atoms with van der Waals surface area (Å²) in [5, 5.41) is 6.17. The van der Waals surface area contributed by atoms with E-state index < -0.39 is 0 Å². The van der Waals surface area contributed by atoms with Crippen LogP contribution in [0.15, 0.2) is 0 Å². The average Bonchev–Trinajstić information content (AvgIpc) is 2.34. The lowest BCUT2D eigenvalue weighted by molar-refractivity contribution is -0.109. The number of hydrogen-bond acceptors (Lipinski definition) is 3. The summed E-state index contributed by atoms with van der Waals surface area (Å²) < 4.78 is 0. The van der Waals surface area contributed by atoms with Crippen molar-refractivity contribution in [2.24, 2.45) is 5.92 Å². The maximum atomic E-state index is 10.3. The number of piperazine rings is 1. The van der Waals surface area contributed by atoms with Gasteiger partial charge in [0.25, 0.3) is 0 Å². The van der Waals surface area contributed by atoms with E-state index in [2.05, 4.69) is 29.4 Å². The smallest absolute Gasteiger partial charge is 0.207 e. The number of nitrogens with one attached hydrogen (secondary N) is 2. The van der Waals surface area contributed by atoms with Gasteiger partial charge >= 0.3 is 0 Å². The molecule has 100 valence electrons. The van der Waals surface area contributed by atoms with Gasteiger partial charge in [0, 0.05) is 38.8 Å². The highest BCUT2D eigenvalue weighted by atomic mass is 16.1. The molecule has 0 aromatic carbocycles. The van der Waals surface area contributed by atoms with Crippen LogP contribution < -0.4 is 10.6 Å². The molecule has 1 aliphatic heterocycles. The van der Waals surface area contributed by atoms with Crippen LogP contribution in [0.3, 0.4) is 0 Å². The lowest BCUT2D eigenvalue weighted by atomic mass is 9.99. The summed E-state index contributed by atoms with van der Waals surface area (Å²) in [7, 11) is 0. The summed E-state index contributed by atoms with van der Waals surface area (Å²) in [6.07, 6.45) is 4.40. The fourth-order valence-electron chi connectivity index (χ4n) is 2.39. The first kappa shape index (κ1) is 14.5. The van der Waals surface area contributed by atoms with Gasteiger partial charge in [-0.25, -0.2) is 0 Å². The molecule has 0 aromatic rings. The Morgan fingerprint density at radius 1 is 1.24 bits per heavy atom. The second-order valence-corrected chi connectivity index (χ2v) is 5.27. The summed E-state index contributed by atoms with van der Waals surface area (Å²) >= 11 is 0. The van der Waals surface area contributed by atoms with E-state index in [9.17, 15) is 4.79 Å². The Morgan fingerprint density at radius 2 is 1.94 bits per heavy atom. The second kappa shape index (κ2) is 8.48.